The van der Waals surface area contributed by atoms with E-state index in [9.17, 15) is 14.0 Å². The van der Waals surface area contributed by atoms with Gasteiger partial charge >= 0.3 is 5.97 Å². The van der Waals surface area contributed by atoms with E-state index >= 15 is 0 Å². The first kappa shape index (κ1) is 19.6. The second kappa shape index (κ2) is 6.95. The Balaban J connectivity index is 1.71. The Morgan fingerprint density at radius 1 is 1.32 bits per heavy atom. The van der Waals surface area contributed by atoms with E-state index in [0.717, 1.165) is 24.1 Å². The topological polar surface area (TPSA) is 46.6 Å². The maximum Gasteiger partial charge on any atom is 0.302 e. The maximum atomic E-state index is 14.1. The molecule has 1 amide bonds. The summed E-state index contributed by atoms with van der Waals surface area (Å²) in [7, 11) is 0. The second-order valence-electron chi connectivity index (χ2n) is 8.20. The third-order valence-corrected chi connectivity index (χ3v) is 7.34. The molecule has 0 atom stereocenters. The minimum absolute atomic E-state index is 0.0166. The standard InChI is InChI=1S/C21H21BrFNO3S/c1-11(25)27-10-15-16(22)6-12(23)7-17(15)24-5-4-13-14-8-21(2,3)9-18(14)28-19(13)20(24)26/h6-7H,4-5,8-10H2,1-3H3. The molecule has 2 aliphatic rings. The first-order chi connectivity index (χ1) is 13.2. The third kappa shape index (κ3) is 3.39. The molecule has 4 rings (SSSR count). The number of fused-ring (bicyclic) bond motifs is 3. The molecule has 1 aliphatic heterocycles. The van der Waals surface area contributed by atoms with Crippen LogP contribution in [0.25, 0.3) is 0 Å². The molecule has 2 heterocycles. The summed E-state index contributed by atoms with van der Waals surface area (Å²) in [6, 6.07) is 2.67. The summed E-state index contributed by atoms with van der Waals surface area (Å²) in [6.45, 7) is 6.31. The van der Waals surface area contributed by atoms with E-state index in [-0.39, 0.29) is 17.9 Å². The zero-order valence-corrected chi connectivity index (χ0v) is 18.4. The predicted octanol–water partition coefficient (Wildman–Crippen LogP) is 5.04. The summed E-state index contributed by atoms with van der Waals surface area (Å²) >= 11 is 4.93. The zero-order chi connectivity index (χ0) is 20.2. The Morgan fingerprint density at radius 3 is 2.79 bits per heavy atom. The van der Waals surface area contributed by atoms with E-state index in [1.54, 1.807) is 16.2 Å². The summed E-state index contributed by atoms with van der Waals surface area (Å²) < 4.78 is 19.7. The van der Waals surface area contributed by atoms with E-state index in [1.165, 1.54) is 35.1 Å². The molecule has 0 radical (unpaired) electrons. The number of thiophene rings is 1. The predicted molar refractivity (Wildman–Crippen MR) is 110 cm³/mol. The molecule has 1 aliphatic carbocycles. The first-order valence-electron chi connectivity index (χ1n) is 9.23. The van der Waals surface area contributed by atoms with Gasteiger partial charge in [0.15, 0.2) is 0 Å². The Labute approximate surface area is 175 Å². The smallest absolute Gasteiger partial charge is 0.302 e. The Kier molecular flexibility index (Phi) is 4.86. The highest BCUT2D eigenvalue weighted by atomic mass is 79.9. The highest BCUT2D eigenvalue weighted by molar-refractivity contribution is 9.10. The lowest BCUT2D eigenvalue weighted by Gasteiger charge is -2.30. The summed E-state index contributed by atoms with van der Waals surface area (Å²) in [5, 5.41) is 0. The summed E-state index contributed by atoms with van der Waals surface area (Å²) in [5.41, 5.74) is 3.82. The van der Waals surface area contributed by atoms with Crippen molar-refractivity contribution in [2.45, 2.75) is 46.6 Å². The van der Waals surface area contributed by atoms with Gasteiger partial charge in [0.1, 0.15) is 12.4 Å². The number of benzene rings is 1. The largest absolute Gasteiger partial charge is 0.461 e. The summed E-state index contributed by atoms with van der Waals surface area (Å²) in [5.74, 6) is -0.964. The molecular formula is C21H21BrFNO3S. The molecule has 1 aromatic heterocycles. The number of nitrogens with zero attached hydrogens (tertiary/aromatic N) is 1. The lowest BCUT2D eigenvalue weighted by atomic mass is 9.89. The number of carbonyl (C=O) groups excluding carboxylic acids is 2. The van der Waals surface area contributed by atoms with Gasteiger partial charge in [-0.3, -0.25) is 9.59 Å². The number of carbonyl (C=O) groups is 2. The van der Waals surface area contributed by atoms with Crippen molar-refractivity contribution < 1.29 is 18.7 Å². The minimum atomic E-state index is -0.442. The fourth-order valence-electron chi connectivity index (χ4n) is 4.14. The molecule has 2 aromatic rings. The molecule has 0 N–H and O–H groups in total. The lowest BCUT2D eigenvalue weighted by Crippen LogP contribution is -2.38. The summed E-state index contributed by atoms with van der Waals surface area (Å²) in [4.78, 5) is 28.2. The van der Waals surface area contributed by atoms with Gasteiger partial charge in [-0.1, -0.05) is 29.8 Å². The molecule has 4 nitrogen and oxygen atoms in total. The van der Waals surface area contributed by atoms with Crippen LogP contribution in [0.5, 0.6) is 0 Å². The number of ether oxygens (including phenoxy) is 1. The van der Waals surface area contributed by atoms with Crippen LogP contribution in [-0.4, -0.2) is 18.4 Å². The Morgan fingerprint density at radius 2 is 2.07 bits per heavy atom. The molecule has 7 heteroatoms. The van der Waals surface area contributed by atoms with E-state index in [0.29, 0.717) is 22.3 Å². The molecule has 0 saturated carbocycles. The normalized spacial score (nSPS) is 17.5. The zero-order valence-electron chi connectivity index (χ0n) is 16.0. The van der Waals surface area contributed by atoms with Crippen molar-refractivity contribution in [3.05, 3.63) is 48.9 Å². The molecule has 28 heavy (non-hydrogen) atoms. The SMILES string of the molecule is CC(=O)OCc1c(Br)cc(F)cc1N1CCc2c(sc3c2CC(C)(C)C3)C1=O. The van der Waals surface area contributed by atoms with Crippen LogP contribution in [0.4, 0.5) is 10.1 Å². The van der Waals surface area contributed by atoms with Gasteiger partial charge in [0.05, 0.1) is 10.6 Å². The molecule has 0 saturated heterocycles. The lowest BCUT2D eigenvalue weighted by molar-refractivity contribution is -0.142. The number of hydrogen-bond donors (Lipinski definition) is 0. The Hall–Kier alpha value is -1.73. The van der Waals surface area contributed by atoms with Gasteiger partial charge in [0, 0.05) is 28.4 Å². The minimum Gasteiger partial charge on any atom is -0.461 e. The fraction of sp³-hybridized carbons (Fsp3) is 0.429. The number of esters is 1. The van der Waals surface area contributed by atoms with Gasteiger partial charge in [0.25, 0.3) is 5.91 Å². The van der Waals surface area contributed by atoms with Crippen molar-refractivity contribution in [3.8, 4) is 0 Å². The summed E-state index contributed by atoms with van der Waals surface area (Å²) in [6.07, 6.45) is 2.76. The van der Waals surface area contributed by atoms with Crippen molar-refractivity contribution in [3.63, 3.8) is 0 Å². The van der Waals surface area contributed by atoms with Crippen LogP contribution in [0, 0.1) is 11.2 Å². The van der Waals surface area contributed by atoms with Gasteiger partial charge in [-0.25, -0.2) is 4.39 Å². The van der Waals surface area contributed by atoms with Crippen LogP contribution < -0.4 is 4.90 Å². The monoisotopic (exact) mass is 465 g/mol. The molecule has 148 valence electrons. The number of hydrogen-bond acceptors (Lipinski definition) is 4. The van der Waals surface area contributed by atoms with Crippen molar-refractivity contribution in [1.82, 2.24) is 0 Å². The van der Waals surface area contributed by atoms with E-state index in [2.05, 4.69) is 29.8 Å². The van der Waals surface area contributed by atoms with Crippen LogP contribution >= 0.6 is 27.3 Å². The van der Waals surface area contributed by atoms with E-state index in [1.807, 2.05) is 0 Å². The van der Waals surface area contributed by atoms with Crippen LogP contribution in [0.2, 0.25) is 0 Å². The van der Waals surface area contributed by atoms with Gasteiger partial charge < -0.3 is 9.64 Å². The Bertz CT molecular complexity index is 998. The molecule has 1 aromatic carbocycles. The number of amides is 1. The fourth-order valence-corrected chi connectivity index (χ4v) is 6.25. The third-order valence-electron chi connectivity index (χ3n) is 5.37. The average molecular weight is 466 g/mol. The van der Waals surface area contributed by atoms with Gasteiger partial charge in [-0.15, -0.1) is 11.3 Å². The second-order valence-corrected chi connectivity index (χ2v) is 10.2. The van der Waals surface area contributed by atoms with Crippen molar-refractivity contribution in [2.75, 3.05) is 11.4 Å². The highest BCUT2D eigenvalue weighted by Gasteiger charge is 2.38. The molecular weight excluding hydrogens is 445 g/mol. The van der Waals surface area contributed by atoms with E-state index < -0.39 is 11.8 Å². The van der Waals surface area contributed by atoms with Crippen molar-refractivity contribution in [1.29, 1.82) is 0 Å². The molecule has 0 fully saturated rings. The highest BCUT2D eigenvalue weighted by Crippen LogP contribution is 2.46. The average Bonchev–Trinajstić information content (AvgIpc) is 3.06. The van der Waals surface area contributed by atoms with Gasteiger partial charge in [-0.2, -0.15) is 0 Å². The van der Waals surface area contributed by atoms with Crippen molar-refractivity contribution in [2.24, 2.45) is 5.41 Å². The maximum absolute atomic E-state index is 14.1. The van der Waals surface area contributed by atoms with Crippen LogP contribution in [0.15, 0.2) is 16.6 Å². The van der Waals surface area contributed by atoms with Crippen molar-refractivity contribution >= 4 is 44.8 Å². The quantitative estimate of drug-likeness (QED) is 0.596. The first-order valence-corrected chi connectivity index (χ1v) is 10.8. The van der Waals surface area contributed by atoms with E-state index in [4.69, 9.17) is 4.74 Å². The van der Waals surface area contributed by atoms with Gasteiger partial charge in [-0.05, 0) is 47.9 Å². The van der Waals surface area contributed by atoms with Crippen LogP contribution in [0.1, 0.15) is 52.0 Å². The van der Waals surface area contributed by atoms with Crippen LogP contribution in [-0.2, 0) is 35.4 Å². The number of anilines is 1. The van der Waals surface area contributed by atoms with Crippen LogP contribution in [0.3, 0.4) is 0 Å². The number of halogens is 2. The van der Waals surface area contributed by atoms with Gasteiger partial charge in [0.2, 0.25) is 0 Å². The number of rotatable bonds is 3. The molecule has 0 spiro atoms. The molecule has 0 unspecified atom stereocenters. The molecule has 0 bridgehead atoms.